The van der Waals surface area contributed by atoms with Crippen LogP contribution in [0.3, 0.4) is 0 Å². The number of rotatable bonds is 5. The second-order valence-corrected chi connectivity index (χ2v) is 16.2. The molecular formula is C49H39I. The summed E-state index contributed by atoms with van der Waals surface area (Å²) < 4.78 is 1.26. The molecule has 0 N–H and O–H groups in total. The van der Waals surface area contributed by atoms with Crippen LogP contribution in [0.15, 0.2) is 152 Å². The number of hydrogen-bond donors (Lipinski definition) is 0. The van der Waals surface area contributed by atoms with Gasteiger partial charge in [0.15, 0.2) is 0 Å². The molecule has 0 aliphatic heterocycles. The summed E-state index contributed by atoms with van der Waals surface area (Å²) in [6, 6.07) is 57.1. The smallest absolute Gasteiger partial charge is 0.0227 e. The Labute approximate surface area is 310 Å². The Bertz CT molecular complexity index is 2450. The van der Waals surface area contributed by atoms with Crippen molar-refractivity contribution in [2.45, 2.75) is 44.9 Å². The van der Waals surface area contributed by atoms with Crippen LogP contribution in [-0.4, -0.2) is 0 Å². The monoisotopic (exact) mass is 754 g/mol. The third-order valence-corrected chi connectivity index (χ3v) is 12.4. The van der Waals surface area contributed by atoms with Gasteiger partial charge in [-0.25, -0.2) is 0 Å². The first kappa shape index (κ1) is 31.3. The average Bonchev–Trinajstić information content (AvgIpc) is 3.53. The summed E-state index contributed by atoms with van der Waals surface area (Å²) in [4.78, 5) is 0. The van der Waals surface area contributed by atoms with Gasteiger partial charge >= 0.3 is 0 Å². The molecule has 0 aromatic heterocycles. The van der Waals surface area contributed by atoms with Gasteiger partial charge in [-0.15, -0.1) is 0 Å². The highest BCUT2D eigenvalue weighted by atomic mass is 127. The number of hydrogen-bond acceptors (Lipinski definition) is 0. The zero-order chi connectivity index (χ0) is 34.2. The zero-order valence-corrected chi connectivity index (χ0v) is 31.2. The Morgan fingerprint density at radius 2 is 0.980 bits per heavy atom. The van der Waals surface area contributed by atoms with Crippen LogP contribution >= 0.6 is 22.6 Å². The van der Waals surface area contributed by atoms with E-state index in [2.05, 4.69) is 202 Å². The maximum atomic E-state index is 2.45. The summed E-state index contributed by atoms with van der Waals surface area (Å²) in [6.07, 6.45) is 0.942. The van der Waals surface area contributed by atoms with E-state index in [1.165, 1.54) is 92.6 Å². The number of benzene rings is 7. The lowest BCUT2D eigenvalue weighted by molar-refractivity contribution is 0.581. The fraction of sp³-hybridized carbons (Fsp3) is 0.143. The maximum absolute atomic E-state index is 2.45. The lowest BCUT2D eigenvalue weighted by atomic mass is 9.74. The van der Waals surface area contributed by atoms with E-state index in [0.29, 0.717) is 0 Å². The van der Waals surface area contributed by atoms with Gasteiger partial charge in [0.1, 0.15) is 0 Å². The molecule has 0 saturated heterocycles. The van der Waals surface area contributed by atoms with Gasteiger partial charge < -0.3 is 0 Å². The molecule has 0 amide bonds. The Hall–Kier alpha value is -4.73. The van der Waals surface area contributed by atoms with Gasteiger partial charge in [-0.1, -0.05) is 154 Å². The van der Waals surface area contributed by atoms with E-state index < -0.39 is 0 Å². The van der Waals surface area contributed by atoms with Crippen LogP contribution in [0.25, 0.3) is 55.6 Å². The van der Waals surface area contributed by atoms with Crippen LogP contribution in [0.2, 0.25) is 0 Å². The maximum Gasteiger partial charge on any atom is 0.0227 e. The molecule has 0 bridgehead atoms. The van der Waals surface area contributed by atoms with Crippen molar-refractivity contribution in [3.05, 3.63) is 189 Å². The molecule has 2 aliphatic carbocycles. The highest BCUT2D eigenvalue weighted by molar-refractivity contribution is 14.1. The molecule has 1 atom stereocenters. The quantitative estimate of drug-likeness (QED) is 0.154. The van der Waals surface area contributed by atoms with Gasteiger partial charge in [0.25, 0.3) is 0 Å². The largest absolute Gasteiger partial charge is 0.0619 e. The fourth-order valence-corrected chi connectivity index (χ4v) is 9.23. The van der Waals surface area contributed by atoms with Crippen molar-refractivity contribution in [3.8, 4) is 55.6 Å². The van der Waals surface area contributed by atoms with Crippen molar-refractivity contribution in [3.63, 3.8) is 0 Å². The van der Waals surface area contributed by atoms with E-state index in [-0.39, 0.29) is 10.8 Å². The van der Waals surface area contributed by atoms with Gasteiger partial charge in [-0.2, -0.15) is 0 Å². The first-order chi connectivity index (χ1) is 24.2. The molecule has 0 saturated carbocycles. The summed E-state index contributed by atoms with van der Waals surface area (Å²) in [7, 11) is 0. The molecule has 0 spiro atoms. The number of fused-ring (bicyclic) bond motifs is 6. The van der Waals surface area contributed by atoms with E-state index in [1.54, 1.807) is 0 Å². The number of halogens is 1. The van der Waals surface area contributed by atoms with Gasteiger partial charge in [0, 0.05) is 14.4 Å². The molecule has 0 radical (unpaired) electrons. The summed E-state index contributed by atoms with van der Waals surface area (Å²) >= 11 is 2.39. The first-order valence-corrected chi connectivity index (χ1v) is 18.7. The van der Waals surface area contributed by atoms with Crippen LogP contribution in [0.5, 0.6) is 0 Å². The Morgan fingerprint density at radius 3 is 1.72 bits per heavy atom. The molecule has 1 unspecified atom stereocenters. The van der Waals surface area contributed by atoms with Crippen molar-refractivity contribution in [1.29, 1.82) is 0 Å². The van der Waals surface area contributed by atoms with Crippen LogP contribution in [-0.2, 0) is 17.3 Å². The lowest BCUT2D eigenvalue weighted by Gasteiger charge is -2.29. The van der Waals surface area contributed by atoms with Crippen LogP contribution in [0.4, 0.5) is 0 Å². The fourth-order valence-electron chi connectivity index (χ4n) is 8.87. The van der Waals surface area contributed by atoms with Crippen LogP contribution in [0.1, 0.15) is 54.2 Å². The third-order valence-electron chi connectivity index (χ3n) is 11.6. The summed E-state index contributed by atoms with van der Waals surface area (Å²) in [5.41, 5.74) is 21.4. The molecule has 0 nitrogen and oxygen atoms in total. The summed E-state index contributed by atoms with van der Waals surface area (Å²) in [5.74, 6) is 0. The Kier molecular flexibility index (Phi) is 7.30. The van der Waals surface area contributed by atoms with Gasteiger partial charge in [-0.05, 0) is 143 Å². The van der Waals surface area contributed by atoms with Gasteiger partial charge in [0.05, 0.1) is 0 Å². The minimum Gasteiger partial charge on any atom is -0.0619 e. The average molecular weight is 755 g/mol. The van der Waals surface area contributed by atoms with E-state index in [9.17, 15) is 0 Å². The SMILES string of the molecule is Cc1ccc(-c2ccc(-c3ccc4c(c3)-c3ccccc3C4(C)C)cc2)cc1CC1(C)c2ccccc2-c2c(-c3ccc(I)cc3)cccc21. The van der Waals surface area contributed by atoms with Crippen molar-refractivity contribution in [2.24, 2.45) is 0 Å². The predicted octanol–water partition coefficient (Wildman–Crippen LogP) is 13.4. The molecule has 0 heterocycles. The van der Waals surface area contributed by atoms with Crippen molar-refractivity contribution in [1.82, 2.24) is 0 Å². The standard InChI is InChI=1S/C49H39I/c1-31-16-17-35(32-18-20-33(21-19-32)36-24-27-44-42(29-36)40-10-5-7-13-43(40)48(44,2)3)28-37(31)30-49(4)45-14-8-6-11-41(45)47-39(12-9-15-46(47)49)34-22-25-38(50)26-23-34/h5-29H,30H2,1-4H3. The van der Waals surface area contributed by atoms with Crippen molar-refractivity contribution >= 4 is 22.6 Å². The molecule has 9 rings (SSSR count). The second kappa shape index (κ2) is 11.7. The van der Waals surface area contributed by atoms with E-state index in [1.807, 2.05) is 0 Å². The Balaban J connectivity index is 1.06. The predicted molar refractivity (Wildman–Crippen MR) is 220 cm³/mol. The molecule has 1 heteroatoms. The summed E-state index contributed by atoms with van der Waals surface area (Å²) in [6.45, 7) is 9.40. The van der Waals surface area contributed by atoms with E-state index in [4.69, 9.17) is 0 Å². The molecule has 0 fully saturated rings. The highest BCUT2D eigenvalue weighted by Gasteiger charge is 2.41. The molecule has 242 valence electrons. The third kappa shape index (κ3) is 4.85. The lowest BCUT2D eigenvalue weighted by Crippen LogP contribution is -2.24. The topological polar surface area (TPSA) is 0 Å². The minimum atomic E-state index is -0.140. The molecule has 7 aromatic carbocycles. The van der Waals surface area contributed by atoms with Crippen LogP contribution < -0.4 is 0 Å². The molecule has 50 heavy (non-hydrogen) atoms. The zero-order valence-electron chi connectivity index (χ0n) is 29.0. The molecule has 2 aliphatic rings. The molecule has 7 aromatic rings. The van der Waals surface area contributed by atoms with Gasteiger partial charge in [-0.3, -0.25) is 0 Å². The van der Waals surface area contributed by atoms with Gasteiger partial charge in [0.2, 0.25) is 0 Å². The molecular weight excluding hydrogens is 715 g/mol. The summed E-state index contributed by atoms with van der Waals surface area (Å²) in [5, 5.41) is 0. The van der Waals surface area contributed by atoms with Crippen molar-refractivity contribution < 1.29 is 0 Å². The van der Waals surface area contributed by atoms with E-state index >= 15 is 0 Å². The Morgan fingerprint density at radius 1 is 0.440 bits per heavy atom. The highest BCUT2D eigenvalue weighted by Crippen LogP contribution is 2.54. The normalized spacial score (nSPS) is 16.4. The van der Waals surface area contributed by atoms with Crippen molar-refractivity contribution in [2.75, 3.05) is 0 Å². The first-order valence-electron chi connectivity index (χ1n) is 17.7. The second-order valence-electron chi connectivity index (χ2n) is 14.9. The van der Waals surface area contributed by atoms with Crippen LogP contribution in [0, 0.1) is 10.5 Å². The minimum absolute atomic E-state index is 0.0281. The number of aryl methyl sites for hydroxylation is 1. The van der Waals surface area contributed by atoms with E-state index in [0.717, 1.165) is 6.42 Å².